The van der Waals surface area contributed by atoms with Crippen molar-refractivity contribution in [2.75, 3.05) is 31.5 Å². The minimum Gasteiger partial charge on any atom is -0.547 e. The van der Waals surface area contributed by atoms with E-state index in [4.69, 9.17) is 15.2 Å². The van der Waals surface area contributed by atoms with Gasteiger partial charge in [-0.3, -0.25) is 14.4 Å². The van der Waals surface area contributed by atoms with Gasteiger partial charge >= 0.3 is 0 Å². The van der Waals surface area contributed by atoms with Crippen LogP contribution in [0, 0.1) is 5.92 Å². The summed E-state index contributed by atoms with van der Waals surface area (Å²) in [5.74, 6) is -1.75. The molecule has 2 saturated heterocycles. The number of anilines is 1. The Bertz CT molecular complexity index is 1800. The largest absolute Gasteiger partial charge is 0.547 e. The standard InChI is InChI=1S/C40H49N5O10/c41-18-15-33(47)43-30-23-28(11-13-31(30)54-40-36(50)34(48)35(49)37(55-40)39(52)53)25-44-20-6-8-27(24-44)12-14-32(46)42-19-5-4-7-26-16-21-45(22-17-26)38(51)29-9-2-1-3-10-29/h1-3,6,8-14,20,23-24,26,34-37,40,48-50H,4-5,7,15-19,21-22,25,41H2,(H2-,42,43,46,47,52,53)/b14-12+/t34-,35-,36+,37-,40+/m0/s1. The van der Waals surface area contributed by atoms with Crippen LogP contribution >= 0.6 is 0 Å². The molecule has 0 saturated carbocycles. The summed E-state index contributed by atoms with van der Waals surface area (Å²) in [5, 5.41) is 47.6. The number of rotatable bonds is 16. The quantitative estimate of drug-likeness (QED) is 0.0652. The fourth-order valence-corrected chi connectivity index (χ4v) is 6.62. The number of likely N-dealkylation sites (tertiary alicyclic amines) is 1. The Labute approximate surface area is 319 Å². The zero-order valence-corrected chi connectivity index (χ0v) is 30.5. The Morgan fingerprint density at radius 3 is 2.47 bits per heavy atom. The van der Waals surface area contributed by atoms with Crippen molar-refractivity contribution in [2.24, 2.45) is 11.7 Å². The van der Waals surface area contributed by atoms with E-state index in [9.17, 15) is 39.6 Å². The molecular formula is C40H49N5O10. The van der Waals surface area contributed by atoms with Crippen LogP contribution in [0.5, 0.6) is 5.75 Å². The molecule has 0 aliphatic carbocycles. The number of hydrogen-bond acceptors (Lipinski definition) is 11. The van der Waals surface area contributed by atoms with Crippen LogP contribution in [0.25, 0.3) is 6.08 Å². The van der Waals surface area contributed by atoms with Crippen molar-refractivity contribution in [2.45, 2.75) is 75.8 Å². The fourth-order valence-electron chi connectivity index (χ4n) is 6.62. The van der Waals surface area contributed by atoms with Crippen molar-refractivity contribution in [3.8, 4) is 5.75 Å². The molecule has 3 aromatic rings. The number of ether oxygens (including phenoxy) is 2. The Kier molecular flexibility index (Phi) is 14.9. The molecule has 1 aromatic heterocycles. The minimum absolute atomic E-state index is 0.0000127. The lowest BCUT2D eigenvalue weighted by atomic mass is 9.91. The molecule has 0 bridgehead atoms. The molecule has 2 aromatic carbocycles. The number of amides is 3. The molecule has 2 aliphatic heterocycles. The van der Waals surface area contributed by atoms with Gasteiger partial charge in [0, 0.05) is 61.4 Å². The van der Waals surface area contributed by atoms with Gasteiger partial charge in [0.05, 0.1) is 11.7 Å². The van der Waals surface area contributed by atoms with Gasteiger partial charge in [0.2, 0.25) is 18.1 Å². The average molecular weight is 760 g/mol. The maximum Gasteiger partial charge on any atom is 0.253 e. The Morgan fingerprint density at radius 2 is 1.75 bits per heavy atom. The van der Waals surface area contributed by atoms with E-state index in [0.717, 1.165) is 61.9 Å². The van der Waals surface area contributed by atoms with Crippen LogP contribution in [0.4, 0.5) is 5.69 Å². The third-order valence-corrected chi connectivity index (χ3v) is 9.67. The normalized spacial score (nSPS) is 21.6. The second-order valence-corrected chi connectivity index (χ2v) is 13.8. The lowest BCUT2D eigenvalue weighted by molar-refractivity contribution is -0.688. The number of aliphatic carboxylic acids is 1. The topological polar surface area (TPSA) is 228 Å². The third-order valence-electron chi connectivity index (χ3n) is 9.67. The second kappa shape index (κ2) is 19.9. The van der Waals surface area contributed by atoms with Crippen molar-refractivity contribution < 1.29 is 53.6 Å². The van der Waals surface area contributed by atoms with Crippen molar-refractivity contribution in [3.05, 3.63) is 95.8 Å². The molecule has 5 rings (SSSR count). The molecule has 7 N–H and O–H groups in total. The number of aliphatic hydroxyl groups is 3. The number of nitrogens with two attached hydrogens (primary N) is 1. The predicted octanol–water partition coefficient (Wildman–Crippen LogP) is 0.0981. The van der Waals surface area contributed by atoms with Crippen LogP contribution < -0.4 is 30.8 Å². The molecular weight excluding hydrogens is 710 g/mol. The highest BCUT2D eigenvalue weighted by molar-refractivity contribution is 5.94. The SMILES string of the molecule is NCCC(=O)Nc1cc(C[n+]2cccc(/C=C/C(=O)NCCCCC3CCN(C(=O)c4ccccc4)CC3)c2)ccc1O[C@@H]1O[C@H](C(=O)[O-])[C@@H](O)[C@H](O)[C@H]1O. The molecule has 2 fully saturated rings. The van der Waals surface area contributed by atoms with Crippen LogP contribution in [0.2, 0.25) is 0 Å². The summed E-state index contributed by atoms with van der Waals surface area (Å²) < 4.78 is 12.8. The number of aromatic nitrogens is 1. The maximum absolute atomic E-state index is 12.7. The van der Waals surface area contributed by atoms with Crippen molar-refractivity contribution >= 4 is 35.5 Å². The molecule has 294 valence electrons. The van der Waals surface area contributed by atoms with Crippen LogP contribution in [-0.2, 0) is 25.7 Å². The Balaban J connectivity index is 1.10. The number of carboxylic acid groups (broad SMARTS) is 1. The van der Waals surface area contributed by atoms with E-state index in [0.29, 0.717) is 19.0 Å². The van der Waals surface area contributed by atoms with Crippen molar-refractivity contribution in [3.63, 3.8) is 0 Å². The molecule has 15 heteroatoms. The summed E-state index contributed by atoms with van der Waals surface area (Å²) in [6.07, 6.45) is 2.46. The maximum atomic E-state index is 12.7. The zero-order valence-electron chi connectivity index (χ0n) is 30.5. The van der Waals surface area contributed by atoms with Crippen LogP contribution in [0.1, 0.15) is 60.0 Å². The van der Waals surface area contributed by atoms with E-state index in [-0.39, 0.29) is 36.2 Å². The van der Waals surface area contributed by atoms with Gasteiger partial charge < -0.3 is 56.0 Å². The Morgan fingerprint density at radius 1 is 0.982 bits per heavy atom. The van der Waals surface area contributed by atoms with Gasteiger partial charge in [0.1, 0.15) is 30.2 Å². The molecule has 55 heavy (non-hydrogen) atoms. The number of nitrogens with zero attached hydrogens (tertiary/aromatic N) is 2. The fraction of sp³-hybridized carbons (Fsp3) is 0.425. The summed E-state index contributed by atoms with van der Waals surface area (Å²) in [6, 6.07) is 17.9. The molecule has 0 spiro atoms. The van der Waals surface area contributed by atoms with Crippen LogP contribution in [0.15, 0.2) is 79.1 Å². The monoisotopic (exact) mass is 759 g/mol. The highest BCUT2D eigenvalue weighted by Gasteiger charge is 2.45. The number of piperidine rings is 1. The molecule has 15 nitrogen and oxygen atoms in total. The molecule has 3 heterocycles. The van der Waals surface area contributed by atoms with Crippen molar-refractivity contribution in [1.82, 2.24) is 10.2 Å². The number of aliphatic hydroxyl groups excluding tert-OH is 3. The summed E-state index contributed by atoms with van der Waals surface area (Å²) in [4.78, 5) is 51.1. The number of pyridine rings is 1. The van der Waals surface area contributed by atoms with Gasteiger partial charge in [-0.15, -0.1) is 0 Å². The van der Waals surface area contributed by atoms with Gasteiger partial charge in [-0.05, 0) is 67.7 Å². The first-order chi connectivity index (χ1) is 26.5. The molecule has 5 atom stereocenters. The number of carboxylic acids is 1. The predicted molar refractivity (Wildman–Crippen MR) is 198 cm³/mol. The molecule has 3 amide bonds. The first kappa shape index (κ1) is 41.0. The van der Waals surface area contributed by atoms with Crippen LogP contribution in [-0.4, -0.2) is 101 Å². The number of nitrogens with one attached hydrogen (secondary N) is 2. The smallest absolute Gasteiger partial charge is 0.253 e. The van der Waals surface area contributed by atoms with Gasteiger partial charge in [0.15, 0.2) is 18.9 Å². The number of carbonyl (C=O) groups is 4. The summed E-state index contributed by atoms with van der Waals surface area (Å²) in [5.41, 5.74) is 7.93. The number of carbonyl (C=O) groups excluding carboxylic acids is 4. The summed E-state index contributed by atoms with van der Waals surface area (Å²) in [7, 11) is 0. The van der Waals surface area contributed by atoms with E-state index in [1.165, 1.54) is 12.1 Å². The summed E-state index contributed by atoms with van der Waals surface area (Å²) in [6.45, 7) is 2.54. The number of benzene rings is 2. The molecule has 2 aliphatic rings. The van der Waals surface area contributed by atoms with Gasteiger partial charge in [-0.2, -0.15) is 0 Å². The zero-order chi connectivity index (χ0) is 39.3. The van der Waals surface area contributed by atoms with Gasteiger partial charge in [0.25, 0.3) is 5.91 Å². The van der Waals surface area contributed by atoms with E-state index in [1.807, 2.05) is 64.3 Å². The van der Waals surface area contributed by atoms with Gasteiger partial charge in [-0.1, -0.05) is 31.0 Å². The van der Waals surface area contributed by atoms with E-state index in [2.05, 4.69) is 10.6 Å². The highest BCUT2D eigenvalue weighted by atomic mass is 16.7. The Hall–Kier alpha value is -5.19. The van der Waals surface area contributed by atoms with E-state index >= 15 is 0 Å². The highest BCUT2D eigenvalue weighted by Crippen LogP contribution is 2.31. The third kappa shape index (κ3) is 11.7. The average Bonchev–Trinajstić information content (AvgIpc) is 3.18. The van der Waals surface area contributed by atoms with E-state index in [1.54, 1.807) is 18.2 Å². The number of hydrogen-bond donors (Lipinski definition) is 6. The molecule has 0 radical (unpaired) electrons. The minimum atomic E-state index is -1.97. The molecule has 0 unspecified atom stereocenters. The first-order valence-corrected chi connectivity index (χ1v) is 18.5. The van der Waals surface area contributed by atoms with Crippen molar-refractivity contribution in [1.29, 1.82) is 0 Å². The van der Waals surface area contributed by atoms with E-state index < -0.39 is 42.6 Å². The summed E-state index contributed by atoms with van der Waals surface area (Å²) >= 11 is 0. The number of unbranched alkanes of at least 4 members (excludes halogenated alkanes) is 1. The van der Waals surface area contributed by atoms with Gasteiger partial charge in [-0.25, -0.2) is 4.57 Å². The lowest BCUT2D eigenvalue weighted by Gasteiger charge is -2.40. The lowest BCUT2D eigenvalue weighted by Crippen LogP contribution is -2.63. The second-order valence-electron chi connectivity index (χ2n) is 13.8. The first-order valence-electron chi connectivity index (χ1n) is 18.5. The van der Waals surface area contributed by atoms with Crippen LogP contribution in [0.3, 0.4) is 0 Å².